The van der Waals surface area contributed by atoms with Crippen LogP contribution in [-0.4, -0.2) is 63.8 Å². The summed E-state index contributed by atoms with van der Waals surface area (Å²) in [5, 5.41) is 0.785. The summed E-state index contributed by atoms with van der Waals surface area (Å²) < 4.78 is 11.6. The van der Waals surface area contributed by atoms with E-state index in [9.17, 15) is 0 Å². The van der Waals surface area contributed by atoms with Crippen LogP contribution in [0.15, 0.2) is 0 Å². The van der Waals surface area contributed by atoms with Gasteiger partial charge in [-0.3, -0.25) is 0 Å². The number of nitrogens with zero attached hydrogens (tertiary/aromatic N) is 1. The van der Waals surface area contributed by atoms with Crippen LogP contribution in [0.5, 0.6) is 0 Å². The maximum Gasteiger partial charge on any atom is 0.167 e. The minimum atomic E-state index is -0.441. The zero-order chi connectivity index (χ0) is 19.9. The molecule has 0 aliphatic carbocycles. The lowest BCUT2D eigenvalue weighted by Gasteiger charge is -2.32. The van der Waals surface area contributed by atoms with Crippen molar-refractivity contribution in [3.63, 3.8) is 0 Å². The molecule has 4 nitrogen and oxygen atoms in total. The van der Waals surface area contributed by atoms with Crippen molar-refractivity contribution in [1.29, 1.82) is 0 Å². The fourth-order valence-corrected chi connectivity index (χ4v) is 5.11. The van der Waals surface area contributed by atoms with Gasteiger partial charge in [-0.05, 0) is 75.8 Å². The first kappa shape index (κ1) is 26.3. The molecular formula is C20H48N2O2Si2. The van der Waals surface area contributed by atoms with Crippen LogP contribution in [0.2, 0.25) is 10.1 Å². The zero-order valence-corrected chi connectivity index (χ0v) is 21.6. The molecule has 0 saturated heterocycles. The SMILES string of the molecule is CCO[SiH2]C(C)(C)CCN(CCCCCCN)CCC(C)(C)[SiH2]OCC. The molecule has 6 heteroatoms. The van der Waals surface area contributed by atoms with Crippen LogP contribution in [0.1, 0.15) is 80.1 Å². The average molecular weight is 405 g/mol. The van der Waals surface area contributed by atoms with Crippen molar-refractivity contribution in [2.24, 2.45) is 5.73 Å². The van der Waals surface area contributed by atoms with Gasteiger partial charge in [0.2, 0.25) is 0 Å². The lowest BCUT2D eigenvalue weighted by atomic mass is 10.1. The van der Waals surface area contributed by atoms with E-state index in [4.69, 9.17) is 14.6 Å². The highest BCUT2D eigenvalue weighted by Gasteiger charge is 2.23. The number of unbranched alkanes of at least 4 members (excludes halogenated alkanes) is 3. The highest BCUT2D eigenvalue weighted by Crippen LogP contribution is 2.30. The lowest BCUT2D eigenvalue weighted by molar-refractivity contribution is 0.232. The van der Waals surface area contributed by atoms with Crippen molar-refractivity contribution < 1.29 is 8.85 Å². The molecule has 0 atom stereocenters. The molecule has 0 saturated carbocycles. The van der Waals surface area contributed by atoms with Gasteiger partial charge >= 0.3 is 0 Å². The number of nitrogens with two attached hydrogens (primary N) is 1. The molecule has 0 heterocycles. The third-order valence-corrected chi connectivity index (χ3v) is 8.53. The summed E-state index contributed by atoms with van der Waals surface area (Å²) in [6.07, 6.45) is 7.56. The second-order valence-electron chi connectivity index (χ2n) is 9.15. The minimum absolute atomic E-state index is 0.392. The molecule has 0 aliphatic heterocycles. The van der Waals surface area contributed by atoms with Crippen LogP contribution in [-0.2, 0) is 8.85 Å². The molecule has 0 amide bonds. The largest absolute Gasteiger partial charge is 0.424 e. The second-order valence-corrected chi connectivity index (χ2v) is 14.4. The van der Waals surface area contributed by atoms with E-state index in [1.165, 1.54) is 58.2 Å². The molecule has 0 radical (unpaired) electrons. The Morgan fingerprint density at radius 2 is 1.19 bits per heavy atom. The van der Waals surface area contributed by atoms with E-state index in [-0.39, 0.29) is 0 Å². The van der Waals surface area contributed by atoms with E-state index in [1.54, 1.807) is 0 Å². The van der Waals surface area contributed by atoms with Crippen molar-refractivity contribution in [1.82, 2.24) is 4.90 Å². The van der Waals surface area contributed by atoms with E-state index >= 15 is 0 Å². The van der Waals surface area contributed by atoms with E-state index in [2.05, 4.69) is 46.4 Å². The van der Waals surface area contributed by atoms with E-state index in [0.717, 1.165) is 19.8 Å². The molecule has 0 aromatic rings. The third kappa shape index (κ3) is 15.3. The van der Waals surface area contributed by atoms with Crippen molar-refractivity contribution in [2.75, 3.05) is 39.4 Å². The summed E-state index contributed by atoms with van der Waals surface area (Å²) in [4.78, 5) is 2.70. The molecule has 2 N–H and O–H groups in total. The van der Waals surface area contributed by atoms with Crippen LogP contribution in [0.4, 0.5) is 0 Å². The predicted molar refractivity (Wildman–Crippen MR) is 122 cm³/mol. The highest BCUT2D eigenvalue weighted by atomic mass is 28.2. The van der Waals surface area contributed by atoms with Crippen LogP contribution in [0, 0.1) is 0 Å². The van der Waals surface area contributed by atoms with Crippen LogP contribution in [0.25, 0.3) is 0 Å². The van der Waals surface area contributed by atoms with Crippen LogP contribution < -0.4 is 5.73 Å². The Morgan fingerprint density at radius 1 is 0.731 bits per heavy atom. The summed E-state index contributed by atoms with van der Waals surface area (Å²) in [6, 6.07) is 0. The molecule has 0 aromatic carbocycles. The van der Waals surface area contributed by atoms with E-state index in [0.29, 0.717) is 10.1 Å². The van der Waals surface area contributed by atoms with Crippen LogP contribution >= 0.6 is 0 Å². The van der Waals surface area contributed by atoms with Gasteiger partial charge in [-0.1, -0.05) is 40.5 Å². The maximum absolute atomic E-state index is 5.81. The first-order valence-corrected chi connectivity index (χ1v) is 13.4. The topological polar surface area (TPSA) is 47.7 Å². The molecule has 0 aliphatic rings. The molecule has 26 heavy (non-hydrogen) atoms. The smallest absolute Gasteiger partial charge is 0.167 e. The first-order chi connectivity index (χ1) is 12.3. The fourth-order valence-electron chi connectivity index (χ4n) is 2.99. The molecule has 0 rings (SSSR count). The van der Waals surface area contributed by atoms with Gasteiger partial charge in [-0.15, -0.1) is 0 Å². The normalized spacial score (nSPS) is 13.8. The lowest BCUT2D eigenvalue weighted by Crippen LogP contribution is -2.33. The molecule has 0 spiro atoms. The van der Waals surface area contributed by atoms with Gasteiger partial charge in [0.15, 0.2) is 19.5 Å². The Hall–Kier alpha value is 0.274. The quantitative estimate of drug-likeness (QED) is 0.281. The van der Waals surface area contributed by atoms with Gasteiger partial charge in [0.25, 0.3) is 0 Å². The summed E-state index contributed by atoms with van der Waals surface area (Å²) in [5.74, 6) is 0. The Bertz CT molecular complexity index is 305. The summed E-state index contributed by atoms with van der Waals surface area (Å²) in [6.45, 7) is 20.0. The minimum Gasteiger partial charge on any atom is -0.424 e. The monoisotopic (exact) mass is 404 g/mol. The van der Waals surface area contributed by atoms with E-state index < -0.39 is 19.5 Å². The molecule has 0 bridgehead atoms. The molecular weight excluding hydrogens is 356 g/mol. The fraction of sp³-hybridized carbons (Fsp3) is 1.00. The molecule has 0 fully saturated rings. The Balaban J connectivity index is 4.43. The van der Waals surface area contributed by atoms with Gasteiger partial charge in [0, 0.05) is 13.2 Å². The Morgan fingerprint density at radius 3 is 1.62 bits per heavy atom. The second kappa shape index (κ2) is 15.2. The van der Waals surface area contributed by atoms with Gasteiger partial charge in [-0.25, -0.2) is 0 Å². The van der Waals surface area contributed by atoms with Crippen LogP contribution in [0.3, 0.4) is 0 Å². The van der Waals surface area contributed by atoms with Gasteiger partial charge in [0.1, 0.15) is 0 Å². The first-order valence-electron chi connectivity index (χ1n) is 10.8. The summed E-state index contributed by atoms with van der Waals surface area (Å²) >= 11 is 0. The van der Waals surface area contributed by atoms with Gasteiger partial charge < -0.3 is 19.5 Å². The maximum atomic E-state index is 5.81. The number of hydrogen-bond acceptors (Lipinski definition) is 4. The highest BCUT2D eigenvalue weighted by molar-refractivity contribution is 6.32. The molecule has 0 unspecified atom stereocenters. The number of rotatable bonds is 18. The predicted octanol–water partition coefficient (Wildman–Crippen LogP) is 3.23. The zero-order valence-electron chi connectivity index (χ0n) is 18.7. The molecule has 0 aromatic heterocycles. The van der Waals surface area contributed by atoms with Crippen molar-refractivity contribution >= 4 is 19.5 Å². The van der Waals surface area contributed by atoms with E-state index in [1.807, 2.05) is 0 Å². The van der Waals surface area contributed by atoms with Gasteiger partial charge in [-0.2, -0.15) is 0 Å². The standard InChI is InChI=1S/C20H48N2O2Si2/c1-7-23-25-19(3,4)13-17-22(16-12-10-9-11-15-21)18-14-20(5,6)26-24-8-2/h7-18,21,25-26H2,1-6H3. The molecule has 158 valence electrons. The van der Waals surface area contributed by atoms with Crippen molar-refractivity contribution in [3.8, 4) is 0 Å². The third-order valence-electron chi connectivity index (χ3n) is 5.03. The average Bonchev–Trinajstić information content (AvgIpc) is 2.59. The summed E-state index contributed by atoms with van der Waals surface area (Å²) in [7, 11) is -0.881. The Kier molecular flexibility index (Phi) is 15.4. The van der Waals surface area contributed by atoms with Crippen molar-refractivity contribution in [3.05, 3.63) is 0 Å². The van der Waals surface area contributed by atoms with Gasteiger partial charge in [0.05, 0.1) is 0 Å². The van der Waals surface area contributed by atoms with Crippen molar-refractivity contribution in [2.45, 2.75) is 90.1 Å². The summed E-state index contributed by atoms with van der Waals surface area (Å²) in [5.41, 5.74) is 5.62. The number of hydrogen-bond donors (Lipinski definition) is 1. The Labute approximate surface area is 168 Å².